The maximum Gasteiger partial charge on any atom is 0.344 e. The summed E-state index contributed by atoms with van der Waals surface area (Å²) in [5.41, 5.74) is 6.44. The lowest BCUT2D eigenvalue weighted by atomic mass is 10.1. The highest BCUT2D eigenvalue weighted by Gasteiger charge is 2.17. The third-order valence-electron chi connectivity index (χ3n) is 2.47. The summed E-state index contributed by atoms with van der Waals surface area (Å²) in [6.07, 6.45) is 0. The van der Waals surface area contributed by atoms with Gasteiger partial charge in [-0.15, -0.1) is 0 Å². The number of ether oxygens (including phenoxy) is 3. The molecule has 0 fully saturated rings. The van der Waals surface area contributed by atoms with Crippen LogP contribution in [0.25, 0.3) is 0 Å². The molecule has 0 atom stereocenters. The standard InChI is InChI=1S/C15H23NO4/c1-4-19-13-7-5-6-12(16)14(13)15(17)20-9-8-18-10-11(2)3/h5-7,11H,4,8-10,16H2,1-3H3. The van der Waals surface area contributed by atoms with E-state index in [9.17, 15) is 4.79 Å². The molecule has 1 aromatic rings. The summed E-state index contributed by atoms with van der Waals surface area (Å²) in [5.74, 6) is 0.417. The van der Waals surface area contributed by atoms with Crippen LogP contribution < -0.4 is 10.5 Å². The van der Waals surface area contributed by atoms with E-state index in [0.717, 1.165) is 0 Å². The molecule has 112 valence electrons. The number of carbonyl (C=O) groups excluding carboxylic acids is 1. The van der Waals surface area contributed by atoms with E-state index in [1.807, 2.05) is 6.92 Å². The zero-order chi connectivity index (χ0) is 15.0. The molecule has 0 aliphatic heterocycles. The summed E-state index contributed by atoms with van der Waals surface area (Å²) in [7, 11) is 0. The second kappa shape index (κ2) is 8.43. The lowest BCUT2D eigenvalue weighted by Gasteiger charge is -2.12. The van der Waals surface area contributed by atoms with Gasteiger partial charge >= 0.3 is 5.97 Å². The largest absolute Gasteiger partial charge is 0.493 e. The first-order valence-electron chi connectivity index (χ1n) is 6.82. The Labute approximate surface area is 120 Å². The van der Waals surface area contributed by atoms with Crippen LogP contribution in [0.3, 0.4) is 0 Å². The molecule has 2 N–H and O–H groups in total. The Bertz CT molecular complexity index is 432. The molecule has 20 heavy (non-hydrogen) atoms. The van der Waals surface area contributed by atoms with Crippen molar-refractivity contribution in [2.75, 3.05) is 32.2 Å². The minimum absolute atomic E-state index is 0.200. The van der Waals surface area contributed by atoms with Gasteiger partial charge in [0.15, 0.2) is 0 Å². The van der Waals surface area contributed by atoms with Gasteiger partial charge in [-0.3, -0.25) is 0 Å². The molecule has 1 aromatic carbocycles. The van der Waals surface area contributed by atoms with Gasteiger partial charge < -0.3 is 19.9 Å². The molecular formula is C15H23NO4. The van der Waals surface area contributed by atoms with Gasteiger partial charge in [-0.05, 0) is 25.0 Å². The van der Waals surface area contributed by atoms with E-state index in [2.05, 4.69) is 13.8 Å². The van der Waals surface area contributed by atoms with E-state index < -0.39 is 5.97 Å². The maximum absolute atomic E-state index is 12.0. The lowest BCUT2D eigenvalue weighted by molar-refractivity contribution is 0.0275. The third-order valence-corrected chi connectivity index (χ3v) is 2.47. The fraction of sp³-hybridized carbons (Fsp3) is 0.533. The van der Waals surface area contributed by atoms with Crippen LogP contribution in [0.15, 0.2) is 18.2 Å². The van der Waals surface area contributed by atoms with Gasteiger partial charge in [0.1, 0.15) is 17.9 Å². The van der Waals surface area contributed by atoms with Crippen LogP contribution in [-0.2, 0) is 9.47 Å². The van der Waals surface area contributed by atoms with Gasteiger partial charge in [-0.25, -0.2) is 4.79 Å². The van der Waals surface area contributed by atoms with Crippen molar-refractivity contribution >= 4 is 11.7 Å². The summed E-state index contributed by atoms with van der Waals surface area (Å²) < 4.78 is 15.9. The average molecular weight is 281 g/mol. The summed E-state index contributed by atoms with van der Waals surface area (Å²) in [6.45, 7) is 7.65. The highest BCUT2D eigenvalue weighted by molar-refractivity contribution is 5.98. The van der Waals surface area contributed by atoms with Crippen LogP contribution in [0.1, 0.15) is 31.1 Å². The van der Waals surface area contributed by atoms with E-state index in [-0.39, 0.29) is 12.2 Å². The van der Waals surface area contributed by atoms with E-state index in [1.54, 1.807) is 18.2 Å². The van der Waals surface area contributed by atoms with Crippen LogP contribution in [0, 0.1) is 5.92 Å². The van der Waals surface area contributed by atoms with Crippen molar-refractivity contribution in [2.45, 2.75) is 20.8 Å². The van der Waals surface area contributed by atoms with E-state index in [1.165, 1.54) is 0 Å². The molecule has 0 spiro atoms. The van der Waals surface area contributed by atoms with E-state index in [0.29, 0.717) is 37.2 Å². The van der Waals surface area contributed by atoms with E-state index in [4.69, 9.17) is 19.9 Å². The Hall–Kier alpha value is -1.75. The minimum atomic E-state index is -0.486. The Morgan fingerprint density at radius 1 is 1.30 bits per heavy atom. The number of carbonyl (C=O) groups is 1. The first-order chi connectivity index (χ1) is 9.56. The number of anilines is 1. The number of hydrogen-bond acceptors (Lipinski definition) is 5. The Kier molecular flexibility index (Phi) is 6.87. The van der Waals surface area contributed by atoms with Crippen LogP contribution >= 0.6 is 0 Å². The molecule has 0 heterocycles. The summed E-state index contributed by atoms with van der Waals surface area (Å²) in [4.78, 5) is 12.0. The van der Waals surface area contributed by atoms with Crippen LogP contribution in [0.2, 0.25) is 0 Å². The normalized spacial score (nSPS) is 10.6. The zero-order valence-corrected chi connectivity index (χ0v) is 12.3. The summed E-state index contributed by atoms with van der Waals surface area (Å²) in [6, 6.07) is 5.09. The zero-order valence-electron chi connectivity index (χ0n) is 12.3. The summed E-state index contributed by atoms with van der Waals surface area (Å²) in [5, 5.41) is 0. The van der Waals surface area contributed by atoms with E-state index >= 15 is 0 Å². The molecule has 5 heteroatoms. The van der Waals surface area contributed by atoms with Gasteiger partial charge in [0.05, 0.1) is 13.2 Å². The van der Waals surface area contributed by atoms with Crippen molar-refractivity contribution in [1.29, 1.82) is 0 Å². The van der Waals surface area contributed by atoms with Gasteiger partial charge in [-0.2, -0.15) is 0 Å². The first-order valence-corrected chi connectivity index (χ1v) is 6.82. The van der Waals surface area contributed by atoms with Crippen molar-refractivity contribution in [3.8, 4) is 5.75 Å². The van der Waals surface area contributed by atoms with Gasteiger partial charge in [0, 0.05) is 12.3 Å². The van der Waals surface area contributed by atoms with Crippen molar-refractivity contribution in [2.24, 2.45) is 5.92 Å². The van der Waals surface area contributed by atoms with Gasteiger partial charge in [0.25, 0.3) is 0 Å². The molecule has 0 saturated carbocycles. The number of esters is 1. The van der Waals surface area contributed by atoms with Gasteiger partial charge in [-0.1, -0.05) is 19.9 Å². The second-order valence-corrected chi connectivity index (χ2v) is 4.76. The van der Waals surface area contributed by atoms with Crippen LogP contribution in [0.4, 0.5) is 5.69 Å². The van der Waals surface area contributed by atoms with Gasteiger partial charge in [0.2, 0.25) is 0 Å². The molecule has 5 nitrogen and oxygen atoms in total. The van der Waals surface area contributed by atoms with Crippen molar-refractivity contribution in [1.82, 2.24) is 0 Å². The Morgan fingerprint density at radius 3 is 2.70 bits per heavy atom. The van der Waals surface area contributed by atoms with Crippen molar-refractivity contribution < 1.29 is 19.0 Å². The maximum atomic E-state index is 12.0. The quantitative estimate of drug-likeness (QED) is 0.450. The molecule has 1 rings (SSSR count). The topological polar surface area (TPSA) is 70.8 Å². The lowest BCUT2D eigenvalue weighted by Crippen LogP contribution is -2.15. The van der Waals surface area contributed by atoms with Crippen LogP contribution in [-0.4, -0.2) is 32.4 Å². The third kappa shape index (κ3) is 5.09. The Balaban J connectivity index is 2.54. The average Bonchev–Trinajstić information content (AvgIpc) is 2.38. The van der Waals surface area contributed by atoms with Crippen molar-refractivity contribution in [3.63, 3.8) is 0 Å². The minimum Gasteiger partial charge on any atom is -0.493 e. The smallest absolute Gasteiger partial charge is 0.344 e. The highest BCUT2D eigenvalue weighted by atomic mass is 16.6. The van der Waals surface area contributed by atoms with Crippen LogP contribution in [0.5, 0.6) is 5.75 Å². The molecule has 0 radical (unpaired) electrons. The van der Waals surface area contributed by atoms with Crippen molar-refractivity contribution in [3.05, 3.63) is 23.8 Å². The number of rotatable bonds is 8. The number of hydrogen-bond donors (Lipinski definition) is 1. The molecule has 0 unspecified atom stereocenters. The fourth-order valence-corrected chi connectivity index (χ4v) is 1.63. The molecule has 0 aliphatic rings. The molecule has 0 aliphatic carbocycles. The molecule has 0 aromatic heterocycles. The number of benzene rings is 1. The fourth-order valence-electron chi connectivity index (χ4n) is 1.63. The Morgan fingerprint density at radius 2 is 2.05 bits per heavy atom. The highest BCUT2D eigenvalue weighted by Crippen LogP contribution is 2.25. The molecule has 0 bridgehead atoms. The summed E-state index contributed by atoms with van der Waals surface area (Å²) >= 11 is 0. The predicted molar refractivity (Wildman–Crippen MR) is 78.0 cm³/mol. The predicted octanol–water partition coefficient (Wildman–Crippen LogP) is 2.50. The number of nitrogens with two attached hydrogens (primary N) is 1. The number of nitrogen functional groups attached to an aromatic ring is 1. The SMILES string of the molecule is CCOc1cccc(N)c1C(=O)OCCOCC(C)C. The second-order valence-electron chi connectivity index (χ2n) is 4.76. The monoisotopic (exact) mass is 281 g/mol. The first kappa shape index (κ1) is 16.3. The molecular weight excluding hydrogens is 258 g/mol. The molecule has 0 amide bonds. The molecule has 0 saturated heterocycles.